The number of nitrogens with one attached hydrogen (secondary N) is 1. The molecule has 0 atom stereocenters. The maximum absolute atomic E-state index is 13.8. The number of fused-ring (bicyclic) bond motifs is 1. The van der Waals surface area contributed by atoms with Gasteiger partial charge in [0.2, 0.25) is 11.8 Å². The Kier molecular flexibility index (Phi) is 4.57. The van der Waals surface area contributed by atoms with E-state index in [4.69, 9.17) is 0 Å². The van der Waals surface area contributed by atoms with Gasteiger partial charge in [0.05, 0.1) is 5.69 Å². The molecule has 1 N–H and O–H groups in total. The largest absolute Gasteiger partial charge is 0.323 e. The molecule has 0 unspecified atom stereocenters. The molecule has 1 aliphatic rings. The van der Waals surface area contributed by atoms with E-state index in [0.29, 0.717) is 6.54 Å². The van der Waals surface area contributed by atoms with Gasteiger partial charge < -0.3 is 10.2 Å². The summed E-state index contributed by atoms with van der Waals surface area (Å²) in [4.78, 5) is 27.4. The lowest BCUT2D eigenvalue weighted by Gasteiger charge is -2.35. The first-order valence-electron chi connectivity index (χ1n) is 8.37. The van der Waals surface area contributed by atoms with Crippen molar-refractivity contribution in [2.75, 3.05) is 16.8 Å². The zero-order chi connectivity index (χ0) is 18.0. The number of anilines is 2. The first-order chi connectivity index (χ1) is 11.9. The molecule has 1 aliphatic heterocycles. The van der Waals surface area contributed by atoms with Gasteiger partial charge in [-0.15, -0.1) is 0 Å². The number of hydrogen-bond acceptors (Lipinski definition) is 2. The molecule has 1 heterocycles. The van der Waals surface area contributed by atoms with Gasteiger partial charge in [0.15, 0.2) is 0 Å². The highest BCUT2D eigenvalue weighted by Gasteiger charge is 2.41. The number of rotatable bonds is 3. The molecule has 2 aromatic carbocycles. The highest BCUT2D eigenvalue weighted by Crippen LogP contribution is 2.31. The van der Waals surface area contributed by atoms with Crippen LogP contribution in [-0.4, -0.2) is 18.4 Å². The number of benzene rings is 2. The zero-order valence-corrected chi connectivity index (χ0v) is 14.4. The van der Waals surface area contributed by atoms with Crippen LogP contribution in [0.5, 0.6) is 0 Å². The van der Waals surface area contributed by atoms with Crippen molar-refractivity contribution in [3.8, 4) is 0 Å². The Balaban J connectivity index is 1.84. The van der Waals surface area contributed by atoms with Crippen molar-refractivity contribution in [3.05, 3.63) is 59.9 Å². The van der Waals surface area contributed by atoms with Crippen molar-refractivity contribution in [1.82, 2.24) is 0 Å². The fraction of sp³-hybridized carbons (Fsp3) is 0.300. The maximum Gasteiger partial charge on any atom is 0.242 e. The Hall–Kier alpha value is -2.69. The van der Waals surface area contributed by atoms with Crippen LogP contribution in [-0.2, 0) is 16.0 Å². The molecule has 0 radical (unpaired) electrons. The average Bonchev–Trinajstić information content (AvgIpc) is 2.62. The van der Waals surface area contributed by atoms with E-state index in [9.17, 15) is 14.0 Å². The van der Waals surface area contributed by atoms with Gasteiger partial charge in [-0.25, -0.2) is 4.39 Å². The molecule has 0 aromatic heterocycles. The van der Waals surface area contributed by atoms with E-state index in [2.05, 4.69) is 5.32 Å². The van der Waals surface area contributed by atoms with Gasteiger partial charge in [0.1, 0.15) is 11.2 Å². The summed E-state index contributed by atoms with van der Waals surface area (Å²) in [6.45, 7) is 3.72. The van der Waals surface area contributed by atoms with Crippen LogP contribution in [0.25, 0.3) is 0 Å². The van der Waals surface area contributed by atoms with Gasteiger partial charge in [-0.1, -0.05) is 30.3 Å². The van der Waals surface area contributed by atoms with Crippen molar-refractivity contribution in [2.24, 2.45) is 5.41 Å². The van der Waals surface area contributed by atoms with Crippen molar-refractivity contribution < 1.29 is 14.0 Å². The first kappa shape index (κ1) is 17.1. The summed E-state index contributed by atoms with van der Waals surface area (Å²) in [6.07, 6.45) is 1.77. The minimum absolute atomic E-state index is 0.0763. The van der Waals surface area contributed by atoms with E-state index < -0.39 is 17.1 Å². The number of aryl methyl sites for hydroxylation is 1. The van der Waals surface area contributed by atoms with Crippen LogP contribution in [0, 0.1) is 11.2 Å². The van der Waals surface area contributed by atoms with Crippen LogP contribution in [0.2, 0.25) is 0 Å². The maximum atomic E-state index is 13.8. The number of nitrogens with zero attached hydrogens (tertiary/aromatic N) is 1. The van der Waals surface area contributed by atoms with Gasteiger partial charge >= 0.3 is 0 Å². The standard InChI is InChI=1S/C20H21FN2O2/c1-20(2,18(24)22-16-11-5-4-10-15(16)21)19(25)23-13-7-9-14-8-3-6-12-17(14)23/h3-6,8,10-12H,7,9,13H2,1-2H3,(H,22,24). The predicted molar refractivity (Wildman–Crippen MR) is 95.9 cm³/mol. The number of para-hydroxylation sites is 2. The van der Waals surface area contributed by atoms with E-state index in [-0.39, 0.29) is 11.6 Å². The third-order valence-corrected chi connectivity index (χ3v) is 4.58. The minimum Gasteiger partial charge on any atom is -0.323 e. The SMILES string of the molecule is CC(C)(C(=O)Nc1ccccc1F)C(=O)N1CCCc2ccccc21. The average molecular weight is 340 g/mol. The molecule has 130 valence electrons. The van der Waals surface area contributed by atoms with Crippen molar-refractivity contribution >= 4 is 23.2 Å². The molecule has 4 nitrogen and oxygen atoms in total. The Morgan fingerprint density at radius 3 is 2.52 bits per heavy atom. The first-order valence-corrected chi connectivity index (χ1v) is 8.37. The van der Waals surface area contributed by atoms with Crippen LogP contribution in [0.3, 0.4) is 0 Å². The summed E-state index contributed by atoms with van der Waals surface area (Å²) in [7, 11) is 0. The van der Waals surface area contributed by atoms with Crippen LogP contribution in [0.15, 0.2) is 48.5 Å². The second-order valence-corrected chi connectivity index (χ2v) is 6.75. The smallest absolute Gasteiger partial charge is 0.242 e. The number of carbonyl (C=O) groups excluding carboxylic acids is 2. The Morgan fingerprint density at radius 2 is 1.76 bits per heavy atom. The molecule has 3 rings (SSSR count). The Labute approximate surface area is 146 Å². The summed E-state index contributed by atoms with van der Waals surface area (Å²) < 4.78 is 13.8. The number of amides is 2. The van der Waals surface area contributed by atoms with Gasteiger partial charge in [0, 0.05) is 12.2 Å². The van der Waals surface area contributed by atoms with Crippen LogP contribution < -0.4 is 10.2 Å². The molecule has 0 fully saturated rings. The lowest BCUT2D eigenvalue weighted by atomic mass is 9.88. The Bertz CT molecular complexity index is 817. The van der Waals surface area contributed by atoms with E-state index in [1.807, 2.05) is 24.3 Å². The van der Waals surface area contributed by atoms with Crippen molar-refractivity contribution in [1.29, 1.82) is 0 Å². The van der Waals surface area contributed by atoms with Crippen molar-refractivity contribution in [3.63, 3.8) is 0 Å². The second-order valence-electron chi connectivity index (χ2n) is 6.75. The summed E-state index contributed by atoms with van der Waals surface area (Å²) in [5, 5.41) is 2.53. The fourth-order valence-electron chi connectivity index (χ4n) is 3.02. The number of halogens is 1. The molecule has 2 amide bonds. The topological polar surface area (TPSA) is 49.4 Å². The zero-order valence-electron chi connectivity index (χ0n) is 14.4. The molecule has 0 bridgehead atoms. The van der Waals surface area contributed by atoms with E-state index in [1.54, 1.807) is 30.9 Å². The molecule has 0 aliphatic carbocycles. The summed E-state index contributed by atoms with van der Waals surface area (Å²) in [5.41, 5.74) is 0.720. The van der Waals surface area contributed by atoms with Crippen LogP contribution in [0.1, 0.15) is 25.8 Å². The third kappa shape index (κ3) is 3.27. The number of carbonyl (C=O) groups is 2. The highest BCUT2D eigenvalue weighted by molar-refractivity contribution is 6.15. The summed E-state index contributed by atoms with van der Waals surface area (Å²) in [6, 6.07) is 13.7. The molecular weight excluding hydrogens is 319 g/mol. The van der Waals surface area contributed by atoms with Gasteiger partial charge in [-0.05, 0) is 50.5 Å². The van der Waals surface area contributed by atoms with Gasteiger partial charge in [0.25, 0.3) is 0 Å². The van der Waals surface area contributed by atoms with Gasteiger partial charge in [-0.3, -0.25) is 9.59 Å². The lowest BCUT2D eigenvalue weighted by molar-refractivity contribution is -0.136. The number of hydrogen-bond donors (Lipinski definition) is 1. The molecule has 0 saturated carbocycles. The highest BCUT2D eigenvalue weighted by atomic mass is 19.1. The minimum atomic E-state index is -1.31. The summed E-state index contributed by atoms with van der Waals surface area (Å²) in [5.74, 6) is -1.33. The summed E-state index contributed by atoms with van der Waals surface area (Å²) >= 11 is 0. The quantitative estimate of drug-likeness (QED) is 0.865. The van der Waals surface area contributed by atoms with Crippen molar-refractivity contribution in [2.45, 2.75) is 26.7 Å². The van der Waals surface area contributed by atoms with E-state index in [0.717, 1.165) is 24.1 Å². The monoisotopic (exact) mass is 340 g/mol. The molecule has 2 aromatic rings. The molecule has 5 heteroatoms. The fourth-order valence-corrected chi connectivity index (χ4v) is 3.02. The van der Waals surface area contributed by atoms with Crippen LogP contribution >= 0.6 is 0 Å². The van der Waals surface area contributed by atoms with E-state index >= 15 is 0 Å². The predicted octanol–water partition coefficient (Wildman–Crippen LogP) is 3.77. The normalized spacial score (nSPS) is 14.0. The van der Waals surface area contributed by atoms with Crippen LogP contribution in [0.4, 0.5) is 15.8 Å². The third-order valence-electron chi connectivity index (χ3n) is 4.58. The molecule has 0 spiro atoms. The Morgan fingerprint density at radius 1 is 1.08 bits per heavy atom. The lowest BCUT2D eigenvalue weighted by Crippen LogP contribution is -2.49. The molecule has 25 heavy (non-hydrogen) atoms. The molecule has 0 saturated heterocycles. The van der Waals surface area contributed by atoms with Gasteiger partial charge in [-0.2, -0.15) is 0 Å². The molecular formula is C20H21FN2O2. The van der Waals surface area contributed by atoms with E-state index in [1.165, 1.54) is 12.1 Å². The second kappa shape index (κ2) is 6.67.